The zero-order valence-electron chi connectivity index (χ0n) is 17.9. The molecule has 0 spiro atoms. The van der Waals surface area contributed by atoms with Crippen molar-refractivity contribution >= 4 is 11.9 Å². The molecule has 4 aliphatic rings. The molecule has 29 heavy (non-hydrogen) atoms. The number of hydrogen-bond acceptors (Lipinski definition) is 7. The highest BCUT2D eigenvalue weighted by atomic mass is 16.6. The van der Waals surface area contributed by atoms with Crippen LogP contribution in [0.4, 0.5) is 0 Å². The number of hydrogen-bond donors (Lipinski definition) is 2. The van der Waals surface area contributed by atoms with Gasteiger partial charge in [0.1, 0.15) is 12.2 Å². The van der Waals surface area contributed by atoms with Crippen LogP contribution in [0, 0.1) is 29.1 Å². The second-order valence-electron chi connectivity index (χ2n) is 9.96. The van der Waals surface area contributed by atoms with E-state index in [9.17, 15) is 14.7 Å². The van der Waals surface area contributed by atoms with Gasteiger partial charge >= 0.3 is 11.9 Å². The van der Waals surface area contributed by atoms with E-state index in [1.807, 2.05) is 27.8 Å². The molecule has 4 rings (SSSR count). The van der Waals surface area contributed by atoms with Crippen molar-refractivity contribution in [3.05, 3.63) is 0 Å². The minimum absolute atomic E-state index is 0.00439. The maximum atomic E-state index is 13.0. The molecule has 7 nitrogen and oxygen atoms in total. The normalized spacial score (nSPS) is 38.7. The van der Waals surface area contributed by atoms with Gasteiger partial charge in [-0.05, 0) is 47.1 Å². The van der Waals surface area contributed by atoms with Crippen LogP contribution < -0.4 is 5.32 Å². The SMILES string of the molecule is CNC(C)C(C)(C)C(=O)OC1C2CC3C1OC(=O)C3C2C(O)OC1CCCCC1. The first-order chi connectivity index (χ1) is 13.8. The van der Waals surface area contributed by atoms with Gasteiger partial charge in [-0.3, -0.25) is 9.59 Å². The van der Waals surface area contributed by atoms with Crippen molar-refractivity contribution in [2.45, 2.75) is 89.9 Å². The highest BCUT2D eigenvalue weighted by molar-refractivity contribution is 5.79. The molecule has 1 saturated heterocycles. The number of fused-ring (bicyclic) bond motifs is 1. The van der Waals surface area contributed by atoms with Gasteiger partial charge in [-0.2, -0.15) is 0 Å². The lowest BCUT2D eigenvalue weighted by atomic mass is 9.77. The van der Waals surface area contributed by atoms with Crippen LogP contribution in [-0.4, -0.2) is 54.7 Å². The third-order valence-corrected chi connectivity index (χ3v) is 8.10. The van der Waals surface area contributed by atoms with Crippen LogP contribution in [0.25, 0.3) is 0 Å². The zero-order chi connectivity index (χ0) is 20.9. The first-order valence-corrected chi connectivity index (χ1v) is 11.2. The molecule has 0 aromatic rings. The molecule has 1 heterocycles. The molecule has 2 bridgehead atoms. The maximum Gasteiger partial charge on any atom is 0.313 e. The Hall–Kier alpha value is -1.18. The average Bonchev–Trinajstić information content (AvgIpc) is 3.31. The van der Waals surface area contributed by atoms with Crippen molar-refractivity contribution in [1.82, 2.24) is 5.32 Å². The Kier molecular flexibility index (Phi) is 5.68. The summed E-state index contributed by atoms with van der Waals surface area (Å²) in [6, 6.07) is -0.0662. The third-order valence-electron chi connectivity index (χ3n) is 8.10. The average molecular weight is 410 g/mol. The van der Waals surface area contributed by atoms with Gasteiger partial charge in [0.25, 0.3) is 0 Å². The molecule has 0 aromatic heterocycles. The summed E-state index contributed by atoms with van der Waals surface area (Å²) in [5.41, 5.74) is -0.717. The highest BCUT2D eigenvalue weighted by Crippen LogP contribution is 2.60. The number of carbonyl (C=O) groups is 2. The molecule has 7 heteroatoms. The van der Waals surface area contributed by atoms with Crippen molar-refractivity contribution in [1.29, 1.82) is 0 Å². The van der Waals surface area contributed by atoms with E-state index in [0.717, 1.165) is 32.1 Å². The van der Waals surface area contributed by atoms with E-state index in [4.69, 9.17) is 14.2 Å². The van der Waals surface area contributed by atoms with Gasteiger partial charge in [-0.1, -0.05) is 19.3 Å². The maximum absolute atomic E-state index is 13.0. The van der Waals surface area contributed by atoms with Crippen LogP contribution in [0.1, 0.15) is 59.3 Å². The number of esters is 2. The van der Waals surface area contributed by atoms with Gasteiger partial charge in [-0.15, -0.1) is 0 Å². The van der Waals surface area contributed by atoms with E-state index in [1.165, 1.54) is 6.42 Å². The number of carbonyl (C=O) groups excluding carboxylic acids is 2. The van der Waals surface area contributed by atoms with Crippen molar-refractivity contribution in [2.75, 3.05) is 7.05 Å². The van der Waals surface area contributed by atoms with Crippen LogP contribution >= 0.6 is 0 Å². The Balaban J connectivity index is 1.49. The lowest BCUT2D eigenvalue weighted by Crippen LogP contribution is -2.50. The molecule has 8 atom stereocenters. The Morgan fingerprint density at radius 1 is 1.24 bits per heavy atom. The molecule has 3 saturated carbocycles. The summed E-state index contributed by atoms with van der Waals surface area (Å²) < 4.78 is 17.6. The summed E-state index contributed by atoms with van der Waals surface area (Å²) in [7, 11) is 1.82. The largest absolute Gasteiger partial charge is 0.458 e. The summed E-state index contributed by atoms with van der Waals surface area (Å²) >= 11 is 0. The third kappa shape index (κ3) is 3.49. The number of aliphatic hydroxyl groups is 1. The number of ether oxygens (including phenoxy) is 3. The Bertz CT molecular complexity index is 645. The standard InChI is InChI=1S/C22H35NO6/c1-11(23-4)22(2,3)21(26)29-18-14-10-13-16(20(25)28-17(13)18)15(14)19(24)27-12-8-6-5-7-9-12/h11-19,23-24H,5-10H2,1-4H3. The zero-order valence-corrected chi connectivity index (χ0v) is 17.9. The monoisotopic (exact) mass is 409 g/mol. The minimum Gasteiger partial charge on any atom is -0.458 e. The molecule has 0 amide bonds. The van der Waals surface area contributed by atoms with Gasteiger partial charge < -0.3 is 24.6 Å². The Morgan fingerprint density at radius 2 is 1.93 bits per heavy atom. The predicted molar refractivity (Wildman–Crippen MR) is 105 cm³/mol. The Labute approximate surface area is 172 Å². The minimum atomic E-state index is -1.02. The van der Waals surface area contributed by atoms with E-state index < -0.39 is 17.8 Å². The fourth-order valence-electron chi connectivity index (χ4n) is 5.89. The van der Waals surface area contributed by atoms with Gasteiger partial charge in [0, 0.05) is 23.8 Å². The van der Waals surface area contributed by atoms with Crippen molar-refractivity contribution in [3.8, 4) is 0 Å². The summed E-state index contributed by atoms with van der Waals surface area (Å²) in [6.07, 6.45) is 4.19. The Morgan fingerprint density at radius 3 is 2.59 bits per heavy atom. The van der Waals surface area contributed by atoms with E-state index in [0.29, 0.717) is 0 Å². The van der Waals surface area contributed by atoms with Crippen LogP contribution in [0.3, 0.4) is 0 Å². The van der Waals surface area contributed by atoms with Gasteiger partial charge in [0.15, 0.2) is 6.29 Å². The summed E-state index contributed by atoms with van der Waals surface area (Å²) in [5, 5.41) is 14.0. The molecule has 0 aromatic carbocycles. The molecule has 2 N–H and O–H groups in total. The fourth-order valence-corrected chi connectivity index (χ4v) is 5.89. The van der Waals surface area contributed by atoms with Gasteiger partial charge in [0.05, 0.1) is 17.4 Å². The van der Waals surface area contributed by atoms with Crippen LogP contribution in [0.15, 0.2) is 0 Å². The van der Waals surface area contributed by atoms with Crippen LogP contribution in [0.5, 0.6) is 0 Å². The molecule has 3 aliphatic carbocycles. The van der Waals surface area contributed by atoms with Crippen molar-refractivity contribution in [2.24, 2.45) is 29.1 Å². The van der Waals surface area contributed by atoms with E-state index in [1.54, 1.807) is 0 Å². The van der Waals surface area contributed by atoms with E-state index in [2.05, 4.69) is 5.32 Å². The molecule has 4 fully saturated rings. The highest BCUT2D eigenvalue weighted by Gasteiger charge is 2.69. The molecule has 0 radical (unpaired) electrons. The van der Waals surface area contributed by atoms with Gasteiger partial charge in [-0.25, -0.2) is 0 Å². The number of aliphatic hydroxyl groups excluding tert-OH is 1. The number of nitrogens with one attached hydrogen (secondary N) is 1. The molecule has 164 valence electrons. The topological polar surface area (TPSA) is 94.1 Å². The van der Waals surface area contributed by atoms with E-state index in [-0.39, 0.29) is 53.9 Å². The smallest absolute Gasteiger partial charge is 0.313 e. The fraction of sp³-hybridized carbons (Fsp3) is 0.909. The summed E-state index contributed by atoms with van der Waals surface area (Å²) in [4.78, 5) is 25.5. The van der Waals surface area contributed by atoms with E-state index >= 15 is 0 Å². The second kappa shape index (κ2) is 7.82. The second-order valence-corrected chi connectivity index (χ2v) is 9.96. The quantitative estimate of drug-likeness (QED) is 0.491. The molecular weight excluding hydrogens is 374 g/mol. The molecule has 8 unspecified atom stereocenters. The van der Waals surface area contributed by atoms with Crippen molar-refractivity contribution < 1.29 is 28.9 Å². The number of rotatable bonds is 7. The molecular formula is C22H35NO6. The molecule has 1 aliphatic heterocycles. The summed E-state index contributed by atoms with van der Waals surface area (Å²) in [5.74, 6) is -1.40. The van der Waals surface area contributed by atoms with Gasteiger partial charge in [0.2, 0.25) is 0 Å². The lowest BCUT2D eigenvalue weighted by molar-refractivity contribution is -0.202. The lowest BCUT2D eigenvalue weighted by Gasteiger charge is -2.37. The first-order valence-electron chi connectivity index (χ1n) is 11.2. The van der Waals surface area contributed by atoms with Crippen LogP contribution in [0.2, 0.25) is 0 Å². The van der Waals surface area contributed by atoms with Crippen molar-refractivity contribution in [3.63, 3.8) is 0 Å². The first kappa shape index (κ1) is 21.1. The summed E-state index contributed by atoms with van der Waals surface area (Å²) in [6.45, 7) is 5.65. The predicted octanol–water partition coefficient (Wildman–Crippen LogP) is 2.01. The van der Waals surface area contributed by atoms with Crippen LogP contribution in [-0.2, 0) is 23.8 Å².